The molecule has 0 spiro atoms. The van der Waals surface area contributed by atoms with Gasteiger partial charge in [-0.05, 0) is 37.8 Å². The second kappa shape index (κ2) is 7.61. The molecule has 2 fully saturated rings. The zero-order chi connectivity index (χ0) is 16.9. The standard InChI is InChI=1S/C17H19N3O3S/c21-15(22)11-14-16(23)20(13-9-5-2-6-10-13)17(24-14)19-18-12-7-3-1-4-8-12/h2,5-6,9-10,14H,1,3-4,7-8,11H2,(H,21,22)/p-1/b19-17+/t14-/m0/s1. The summed E-state index contributed by atoms with van der Waals surface area (Å²) in [7, 11) is 0. The van der Waals surface area contributed by atoms with Crippen LogP contribution in [-0.4, -0.2) is 28.0 Å². The highest BCUT2D eigenvalue weighted by Crippen LogP contribution is 2.33. The molecule has 0 N–H and O–H groups in total. The number of anilines is 1. The number of thioether (sulfide) groups is 1. The SMILES string of the molecule is O=C([O-])C[C@@H]1S/C(=N/N=C2CCCCC2)N(c2ccccc2)C1=O. The van der Waals surface area contributed by atoms with Gasteiger partial charge in [-0.1, -0.05) is 36.4 Å². The van der Waals surface area contributed by atoms with Crippen molar-refractivity contribution in [3.05, 3.63) is 30.3 Å². The van der Waals surface area contributed by atoms with Gasteiger partial charge in [0, 0.05) is 18.1 Å². The van der Waals surface area contributed by atoms with Crippen molar-refractivity contribution in [2.24, 2.45) is 10.2 Å². The van der Waals surface area contributed by atoms with Gasteiger partial charge in [-0.2, -0.15) is 5.10 Å². The van der Waals surface area contributed by atoms with Gasteiger partial charge >= 0.3 is 0 Å². The lowest BCUT2D eigenvalue weighted by atomic mass is 9.99. The molecule has 1 atom stereocenters. The summed E-state index contributed by atoms with van der Waals surface area (Å²) in [5, 5.41) is 19.2. The fourth-order valence-electron chi connectivity index (χ4n) is 2.81. The number of amidine groups is 1. The number of carboxylic acids is 1. The predicted molar refractivity (Wildman–Crippen MR) is 92.9 cm³/mol. The molecular formula is C17H18N3O3S-. The van der Waals surface area contributed by atoms with E-state index in [0.717, 1.165) is 43.2 Å². The van der Waals surface area contributed by atoms with E-state index in [1.165, 1.54) is 11.3 Å². The molecule has 126 valence electrons. The van der Waals surface area contributed by atoms with Crippen LogP contribution < -0.4 is 10.0 Å². The van der Waals surface area contributed by atoms with Gasteiger partial charge in [-0.25, -0.2) is 0 Å². The number of nitrogens with zero attached hydrogens (tertiary/aromatic N) is 3. The average molecular weight is 344 g/mol. The molecule has 1 aliphatic carbocycles. The number of hydrogen-bond donors (Lipinski definition) is 0. The van der Waals surface area contributed by atoms with Crippen molar-refractivity contribution >= 4 is 40.2 Å². The molecule has 1 aromatic carbocycles. The first-order chi connectivity index (χ1) is 11.6. The molecule has 1 heterocycles. The largest absolute Gasteiger partial charge is 0.550 e. The minimum absolute atomic E-state index is 0.294. The highest BCUT2D eigenvalue weighted by atomic mass is 32.2. The Hall–Kier alpha value is -2.15. The Balaban J connectivity index is 1.88. The number of carboxylic acid groups (broad SMARTS) is 1. The highest BCUT2D eigenvalue weighted by molar-refractivity contribution is 8.16. The summed E-state index contributed by atoms with van der Waals surface area (Å²) in [5.74, 6) is -1.54. The number of amides is 1. The minimum atomic E-state index is -1.24. The van der Waals surface area contributed by atoms with Crippen LogP contribution in [0, 0.1) is 0 Å². The average Bonchev–Trinajstić information content (AvgIpc) is 2.90. The maximum absolute atomic E-state index is 12.6. The number of hydrogen-bond acceptors (Lipinski definition) is 6. The molecular weight excluding hydrogens is 326 g/mol. The maximum atomic E-state index is 12.6. The first-order valence-electron chi connectivity index (χ1n) is 8.04. The Bertz CT molecular complexity index is 680. The molecule has 0 bridgehead atoms. The van der Waals surface area contributed by atoms with Crippen LogP contribution in [-0.2, 0) is 9.59 Å². The van der Waals surface area contributed by atoms with Gasteiger partial charge in [0.25, 0.3) is 0 Å². The van der Waals surface area contributed by atoms with Crippen molar-refractivity contribution in [3.63, 3.8) is 0 Å². The smallest absolute Gasteiger partial charge is 0.247 e. The summed E-state index contributed by atoms with van der Waals surface area (Å²) < 4.78 is 0. The lowest BCUT2D eigenvalue weighted by Crippen LogP contribution is -2.35. The van der Waals surface area contributed by atoms with E-state index in [0.29, 0.717) is 10.9 Å². The maximum Gasteiger partial charge on any atom is 0.247 e. The van der Waals surface area contributed by atoms with Crippen molar-refractivity contribution in [1.29, 1.82) is 0 Å². The summed E-state index contributed by atoms with van der Waals surface area (Å²) in [5.41, 5.74) is 1.71. The first-order valence-corrected chi connectivity index (χ1v) is 8.92. The van der Waals surface area contributed by atoms with E-state index in [9.17, 15) is 14.7 Å². The van der Waals surface area contributed by atoms with Gasteiger partial charge < -0.3 is 9.90 Å². The van der Waals surface area contributed by atoms with Crippen LogP contribution in [0.25, 0.3) is 0 Å². The summed E-state index contributed by atoms with van der Waals surface area (Å²) in [4.78, 5) is 24.9. The lowest BCUT2D eigenvalue weighted by Gasteiger charge is -2.16. The molecule has 3 rings (SSSR count). The molecule has 1 aliphatic heterocycles. The second-order valence-electron chi connectivity index (χ2n) is 5.80. The molecule has 2 aliphatic rings. The van der Waals surface area contributed by atoms with Crippen LogP contribution in [0.5, 0.6) is 0 Å². The molecule has 0 radical (unpaired) electrons. The third kappa shape index (κ3) is 3.84. The zero-order valence-electron chi connectivity index (χ0n) is 13.2. The number of carbonyl (C=O) groups excluding carboxylic acids is 2. The predicted octanol–water partition coefficient (Wildman–Crippen LogP) is 1.95. The Morgan fingerprint density at radius 2 is 1.88 bits per heavy atom. The highest BCUT2D eigenvalue weighted by Gasteiger charge is 2.39. The summed E-state index contributed by atoms with van der Waals surface area (Å²) >= 11 is 1.14. The number of aliphatic carboxylic acids is 1. The first kappa shape index (κ1) is 16.7. The third-order valence-corrected chi connectivity index (χ3v) is 5.14. The lowest BCUT2D eigenvalue weighted by molar-refractivity contribution is -0.305. The summed E-state index contributed by atoms with van der Waals surface area (Å²) in [6.45, 7) is 0. The van der Waals surface area contributed by atoms with Crippen molar-refractivity contribution in [2.75, 3.05) is 4.90 Å². The fourth-order valence-corrected chi connectivity index (χ4v) is 3.87. The number of para-hydroxylation sites is 1. The van der Waals surface area contributed by atoms with E-state index in [-0.39, 0.29) is 12.3 Å². The molecule has 1 saturated carbocycles. The van der Waals surface area contributed by atoms with E-state index < -0.39 is 11.2 Å². The van der Waals surface area contributed by atoms with Gasteiger partial charge in [-0.15, -0.1) is 5.10 Å². The van der Waals surface area contributed by atoms with Crippen molar-refractivity contribution in [3.8, 4) is 0 Å². The van der Waals surface area contributed by atoms with Crippen molar-refractivity contribution < 1.29 is 14.7 Å². The van der Waals surface area contributed by atoms with Crippen molar-refractivity contribution in [1.82, 2.24) is 0 Å². The summed E-state index contributed by atoms with van der Waals surface area (Å²) in [6, 6.07) is 9.09. The second-order valence-corrected chi connectivity index (χ2v) is 6.97. The van der Waals surface area contributed by atoms with E-state index in [1.807, 2.05) is 18.2 Å². The quantitative estimate of drug-likeness (QED) is 0.781. The van der Waals surface area contributed by atoms with Crippen LogP contribution in [0.1, 0.15) is 38.5 Å². The topological polar surface area (TPSA) is 85.2 Å². The Labute approximate surface area is 144 Å². The molecule has 1 saturated heterocycles. The van der Waals surface area contributed by atoms with Gasteiger partial charge in [-0.3, -0.25) is 9.69 Å². The molecule has 7 heteroatoms. The number of rotatable bonds is 4. The van der Waals surface area contributed by atoms with E-state index in [4.69, 9.17) is 0 Å². The molecule has 1 amide bonds. The van der Waals surface area contributed by atoms with E-state index in [2.05, 4.69) is 10.2 Å². The van der Waals surface area contributed by atoms with Crippen molar-refractivity contribution in [2.45, 2.75) is 43.8 Å². The van der Waals surface area contributed by atoms with E-state index in [1.54, 1.807) is 12.1 Å². The fraction of sp³-hybridized carbons (Fsp3) is 0.412. The number of carbonyl (C=O) groups is 2. The van der Waals surface area contributed by atoms with Crippen LogP contribution in [0.3, 0.4) is 0 Å². The minimum Gasteiger partial charge on any atom is -0.550 e. The zero-order valence-corrected chi connectivity index (χ0v) is 14.0. The summed E-state index contributed by atoms with van der Waals surface area (Å²) in [6.07, 6.45) is 4.98. The van der Waals surface area contributed by atoms with Gasteiger partial charge in [0.05, 0.1) is 10.9 Å². The third-order valence-electron chi connectivity index (χ3n) is 4.01. The Morgan fingerprint density at radius 1 is 1.17 bits per heavy atom. The van der Waals surface area contributed by atoms with Crippen LogP contribution in [0.4, 0.5) is 5.69 Å². The van der Waals surface area contributed by atoms with Crippen LogP contribution >= 0.6 is 11.8 Å². The van der Waals surface area contributed by atoms with Gasteiger partial charge in [0.2, 0.25) is 5.91 Å². The Kier molecular flexibility index (Phi) is 5.30. The van der Waals surface area contributed by atoms with E-state index >= 15 is 0 Å². The molecule has 0 unspecified atom stereocenters. The number of benzene rings is 1. The molecule has 0 aromatic heterocycles. The Morgan fingerprint density at radius 3 is 2.54 bits per heavy atom. The van der Waals surface area contributed by atoms with Crippen LogP contribution in [0.15, 0.2) is 40.5 Å². The van der Waals surface area contributed by atoms with Gasteiger partial charge in [0.1, 0.15) is 0 Å². The molecule has 1 aromatic rings. The molecule has 6 nitrogen and oxygen atoms in total. The normalized spacial score (nSPS) is 22.9. The molecule has 24 heavy (non-hydrogen) atoms. The van der Waals surface area contributed by atoms with Gasteiger partial charge in [0.15, 0.2) is 5.17 Å². The monoisotopic (exact) mass is 344 g/mol. The van der Waals surface area contributed by atoms with Crippen LogP contribution in [0.2, 0.25) is 0 Å².